The molecule has 1 fully saturated rings. The summed E-state index contributed by atoms with van der Waals surface area (Å²) in [6.07, 6.45) is 6.39. The first-order valence-corrected chi connectivity index (χ1v) is 8.89. The van der Waals surface area contributed by atoms with Gasteiger partial charge in [0.1, 0.15) is 24.3 Å². The Hall–Kier alpha value is -2.28. The van der Waals surface area contributed by atoms with Gasteiger partial charge in [0.25, 0.3) is 0 Å². The van der Waals surface area contributed by atoms with Crippen molar-refractivity contribution in [2.45, 2.75) is 38.8 Å². The van der Waals surface area contributed by atoms with Gasteiger partial charge in [-0.2, -0.15) is 0 Å². The van der Waals surface area contributed by atoms with E-state index < -0.39 is 0 Å². The molecule has 2 aromatic heterocycles. The van der Waals surface area contributed by atoms with Crippen LogP contribution in [0.4, 0.5) is 11.6 Å². The van der Waals surface area contributed by atoms with E-state index in [1.807, 2.05) is 13.0 Å². The average Bonchev–Trinajstić information content (AvgIpc) is 2.67. The number of hydrogen-bond donors (Lipinski definition) is 0. The molecule has 0 aromatic carbocycles. The SMILES string of the molecule is Cc1cc(N(C)C2CCN(c3ncnc4c3COCC4)CC2)ncn1. The topological polar surface area (TPSA) is 67.3 Å². The van der Waals surface area contributed by atoms with E-state index in [2.05, 4.69) is 36.8 Å². The Morgan fingerprint density at radius 2 is 1.92 bits per heavy atom. The maximum absolute atomic E-state index is 5.63. The summed E-state index contributed by atoms with van der Waals surface area (Å²) in [5.41, 5.74) is 3.32. The largest absolute Gasteiger partial charge is 0.376 e. The molecule has 132 valence electrons. The summed E-state index contributed by atoms with van der Waals surface area (Å²) in [4.78, 5) is 22.2. The van der Waals surface area contributed by atoms with Crippen LogP contribution in [0.3, 0.4) is 0 Å². The highest BCUT2D eigenvalue weighted by atomic mass is 16.5. The summed E-state index contributed by atoms with van der Waals surface area (Å²) in [6.45, 7) is 5.37. The fraction of sp³-hybridized carbons (Fsp3) is 0.556. The molecule has 7 nitrogen and oxygen atoms in total. The molecule has 25 heavy (non-hydrogen) atoms. The van der Waals surface area contributed by atoms with Gasteiger partial charge < -0.3 is 14.5 Å². The third-order valence-electron chi connectivity index (χ3n) is 5.20. The van der Waals surface area contributed by atoms with Gasteiger partial charge >= 0.3 is 0 Å². The van der Waals surface area contributed by atoms with Crippen molar-refractivity contribution >= 4 is 11.6 Å². The average molecular weight is 340 g/mol. The second-order valence-electron chi connectivity index (χ2n) is 6.77. The number of anilines is 2. The normalized spacial score (nSPS) is 18.1. The smallest absolute Gasteiger partial charge is 0.137 e. The van der Waals surface area contributed by atoms with E-state index in [9.17, 15) is 0 Å². The fourth-order valence-electron chi connectivity index (χ4n) is 3.70. The first kappa shape index (κ1) is 16.2. The van der Waals surface area contributed by atoms with Crippen LogP contribution in [0.1, 0.15) is 29.8 Å². The van der Waals surface area contributed by atoms with E-state index in [1.165, 1.54) is 5.56 Å². The van der Waals surface area contributed by atoms with E-state index in [4.69, 9.17) is 4.74 Å². The van der Waals surface area contributed by atoms with Gasteiger partial charge in [0.2, 0.25) is 0 Å². The Labute approximate surface area is 148 Å². The standard InChI is InChI=1S/C18H24N6O/c1-13-9-17(21-11-19-13)23(2)14-3-6-24(7-4-14)18-15-10-25-8-5-16(15)20-12-22-18/h9,11-12,14H,3-8,10H2,1-2H3. The zero-order valence-electron chi connectivity index (χ0n) is 14.9. The van der Waals surface area contributed by atoms with Crippen LogP contribution in [0, 0.1) is 6.92 Å². The second kappa shape index (κ2) is 6.92. The van der Waals surface area contributed by atoms with Gasteiger partial charge in [-0.15, -0.1) is 0 Å². The van der Waals surface area contributed by atoms with Crippen molar-refractivity contribution in [2.75, 3.05) is 36.5 Å². The Kier molecular flexibility index (Phi) is 4.48. The minimum Gasteiger partial charge on any atom is -0.376 e. The molecule has 0 bridgehead atoms. The van der Waals surface area contributed by atoms with E-state index in [1.54, 1.807) is 12.7 Å². The Morgan fingerprint density at radius 3 is 2.72 bits per heavy atom. The Bertz CT molecular complexity index is 744. The monoisotopic (exact) mass is 340 g/mol. The maximum atomic E-state index is 5.63. The van der Waals surface area contributed by atoms with Crippen molar-refractivity contribution in [1.29, 1.82) is 0 Å². The van der Waals surface area contributed by atoms with Gasteiger partial charge in [-0.3, -0.25) is 0 Å². The highest BCUT2D eigenvalue weighted by molar-refractivity contribution is 5.50. The maximum Gasteiger partial charge on any atom is 0.137 e. The molecule has 2 aromatic rings. The van der Waals surface area contributed by atoms with E-state index in [0.717, 1.165) is 62.0 Å². The minimum atomic E-state index is 0.486. The van der Waals surface area contributed by atoms with Crippen LogP contribution in [-0.4, -0.2) is 52.7 Å². The first-order chi connectivity index (χ1) is 12.2. The quantitative estimate of drug-likeness (QED) is 0.843. The Balaban J connectivity index is 1.45. The van der Waals surface area contributed by atoms with Gasteiger partial charge in [0.15, 0.2) is 0 Å². The molecule has 4 rings (SSSR count). The van der Waals surface area contributed by atoms with Gasteiger partial charge in [0.05, 0.1) is 18.9 Å². The molecule has 0 unspecified atom stereocenters. The molecule has 2 aliphatic heterocycles. The van der Waals surface area contributed by atoms with E-state index in [-0.39, 0.29) is 0 Å². The van der Waals surface area contributed by atoms with Crippen LogP contribution in [0.25, 0.3) is 0 Å². The van der Waals surface area contributed by atoms with Crippen LogP contribution in [0.15, 0.2) is 18.7 Å². The molecule has 0 saturated carbocycles. The predicted octanol–water partition coefficient (Wildman–Crippen LogP) is 1.75. The molecule has 0 atom stereocenters. The molecule has 0 aliphatic carbocycles. The molecule has 0 radical (unpaired) electrons. The zero-order chi connectivity index (χ0) is 17.2. The summed E-state index contributed by atoms with van der Waals surface area (Å²) < 4.78 is 5.63. The second-order valence-corrected chi connectivity index (χ2v) is 6.77. The number of rotatable bonds is 3. The van der Waals surface area contributed by atoms with Crippen LogP contribution in [0.5, 0.6) is 0 Å². The first-order valence-electron chi connectivity index (χ1n) is 8.89. The van der Waals surface area contributed by atoms with Crippen molar-refractivity contribution in [3.05, 3.63) is 35.7 Å². The molecular weight excluding hydrogens is 316 g/mol. The third-order valence-corrected chi connectivity index (χ3v) is 5.20. The molecule has 0 spiro atoms. The molecule has 0 amide bonds. The Morgan fingerprint density at radius 1 is 1.12 bits per heavy atom. The number of hydrogen-bond acceptors (Lipinski definition) is 7. The summed E-state index contributed by atoms with van der Waals surface area (Å²) in [6, 6.07) is 2.53. The lowest BCUT2D eigenvalue weighted by Gasteiger charge is -2.38. The number of ether oxygens (including phenoxy) is 1. The summed E-state index contributed by atoms with van der Waals surface area (Å²) in [5.74, 6) is 2.06. The van der Waals surface area contributed by atoms with E-state index >= 15 is 0 Å². The molecule has 7 heteroatoms. The number of nitrogens with zero attached hydrogens (tertiary/aromatic N) is 6. The van der Waals surface area contributed by atoms with Gasteiger partial charge in [-0.25, -0.2) is 19.9 Å². The van der Waals surface area contributed by atoms with E-state index in [0.29, 0.717) is 12.6 Å². The number of fused-ring (bicyclic) bond motifs is 1. The van der Waals surface area contributed by atoms with Crippen molar-refractivity contribution in [3.8, 4) is 0 Å². The third kappa shape index (κ3) is 3.28. The van der Waals surface area contributed by atoms with Gasteiger partial charge in [-0.05, 0) is 19.8 Å². The molecule has 0 N–H and O–H groups in total. The van der Waals surface area contributed by atoms with Crippen molar-refractivity contribution in [2.24, 2.45) is 0 Å². The zero-order valence-corrected chi connectivity index (χ0v) is 14.9. The van der Waals surface area contributed by atoms with Gasteiger partial charge in [-0.1, -0.05) is 0 Å². The van der Waals surface area contributed by atoms with Crippen LogP contribution < -0.4 is 9.80 Å². The number of piperidine rings is 1. The summed E-state index contributed by atoms with van der Waals surface area (Å²) in [5, 5.41) is 0. The predicted molar refractivity (Wildman–Crippen MR) is 95.8 cm³/mol. The van der Waals surface area contributed by atoms with Crippen molar-refractivity contribution < 1.29 is 4.74 Å². The highest BCUT2D eigenvalue weighted by Crippen LogP contribution is 2.28. The van der Waals surface area contributed by atoms with Crippen LogP contribution in [0.2, 0.25) is 0 Å². The molecule has 1 saturated heterocycles. The molecule has 2 aliphatic rings. The molecular formula is C18H24N6O. The van der Waals surface area contributed by atoms with Crippen molar-refractivity contribution in [1.82, 2.24) is 19.9 Å². The lowest BCUT2D eigenvalue weighted by molar-refractivity contribution is 0.109. The van der Waals surface area contributed by atoms with Crippen LogP contribution in [-0.2, 0) is 17.8 Å². The minimum absolute atomic E-state index is 0.486. The summed E-state index contributed by atoms with van der Waals surface area (Å²) >= 11 is 0. The highest BCUT2D eigenvalue weighted by Gasteiger charge is 2.27. The van der Waals surface area contributed by atoms with Crippen molar-refractivity contribution in [3.63, 3.8) is 0 Å². The van der Waals surface area contributed by atoms with Gasteiger partial charge in [0, 0.05) is 49.9 Å². The number of aromatic nitrogens is 4. The fourth-order valence-corrected chi connectivity index (χ4v) is 3.70. The lowest BCUT2D eigenvalue weighted by atomic mass is 10.0. The lowest BCUT2D eigenvalue weighted by Crippen LogP contribution is -2.44. The number of aryl methyl sites for hydroxylation is 1. The summed E-state index contributed by atoms with van der Waals surface area (Å²) in [7, 11) is 2.13. The van der Waals surface area contributed by atoms with Crippen LogP contribution >= 0.6 is 0 Å². The molecule has 4 heterocycles.